The number of nitrogens with zero attached hydrogens (tertiary/aromatic N) is 2. The van der Waals surface area contributed by atoms with E-state index in [0.717, 1.165) is 6.26 Å². The summed E-state index contributed by atoms with van der Waals surface area (Å²) in [4.78, 5) is 28.8. The molecular formula is C19H20N4O4S. The van der Waals surface area contributed by atoms with E-state index in [9.17, 15) is 18.0 Å². The van der Waals surface area contributed by atoms with Crippen molar-refractivity contribution < 1.29 is 18.0 Å². The first kappa shape index (κ1) is 19.6. The van der Waals surface area contributed by atoms with Crippen molar-refractivity contribution in [3.63, 3.8) is 0 Å². The average Bonchev–Trinajstić information content (AvgIpc) is 2.95. The molecule has 0 aliphatic rings. The smallest absolute Gasteiger partial charge is 0.244 e. The quantitative estimate of drug-likeness (QED) is 0.610. The molecular weight excluding hydrogens is 380 g/mol. The fourth-order valence-corrected chi connectivity index (χ4v) is 3.65. The first-order chi connectivity index (χ1) is 13.2. The van der Waals surface area contributed by atoms with Crippen molar-refractivity contribution in [1.82, 2.24) is 14.9 Å². The number of aromatic nitrogens is 2. The van der Waals surface area contributed by atoms with E-state index in [1.165, 1.54) is 4.57 Å². The van der Waals surface area contributed by atoms with E-state index >= 15 is 0 Å². The fourth-order valence-electron chi connectivity index (χ4n) is 2.96. The third-order valence-electron chi connectivity index (χ3n) is 4.15. The monoisotopic (exact) mass is 400 g/mol. The molecule has 3 rings (SSSR count). The summed E-state index contributed by atoms with van der Waals surface area (Å²) in [7, 11) is -3.35. The molecule has 0 saturated carbocycles. The Morgan fingerprint density at radius 3 is 2.39 bits per heavy atom. The highest BCUT2D eigenvalue weighted by atomic mass is 32.2. The summed E-state index contributed by atoms with van der Waals surface area (Å²) < 4.78 is 25.0. The van der Waals surface area contributed by atoms with Crippen LogP contribution in [0.5, 0.6) is 0 Å². The molecule has 2 amide bonds. The largest absolute Gasteiger partial charge is 0.368 e. The van der Waals surface area contributed by atoms with Gasteiger partial charge in [-0.15, -0.1) is 0 Å². The van der Waals surface area contributed by atoms with Gasteiger partial charge in [-0.2, -0.15) is 0 Å². The summed E-state index contributed by atoms with van der Waals surface area (Å²) in [6.07, 6.45) is 1.11. The number of carbonyl (C=O) groups is 2. The van der Waals surface area contributed by atoms with Crippen molar-refractivity contribution in [1.29, 1.82) is 0 Å². The normalized spacial score (nSPS) is 12.6. The van der Waals surface area contributed by atoms with Crippen molar-refractivity contribution in [2.75, 3.05) is 6.26 Å². The number of nitrogens with one attached hydrogen (secondary N) is 1. The highest BCUT2D eigenvalue weighted by molar-refractivity contribution is 7.89. The van der Waals surface area contributed by atoms with Gasteiger partial charge in [0.25, 0.3) is 0 Å². The van der Waals surface area contributed by atoms with Crippen LogP contribution in [0.1, 0.15) is 17.4 Å². The number of nitrogens with two attached hydrogens (primary N) is 1. The molecule has 146 valence electrons. The van der Waals surface area contributed by atoms with Crippen molar-refractivity contribution >= 4 is 32.7 Å². The molecule has 8 nitrogen and oxygen atoms in total. The zero-order valence-corrected chi connectivity index (χ0v) is 16.0. The Labute approximate surface area is 162 Å². The van der Waals surface area contributed by atoms with Crippen LogP contribution in [-0.4, -0.2) is 36.0 Å². The molecule has 0 unspecified atom stereocenters. The molecule has 1 aromatic heterocycles. The molecule has 2 aromatic carbocycles. The number of hydrogen-bond acceptors (Lipinski definition) is 5. The molecule has 0 radical (unpaired) electrons. The maximum Gasteiger partial charge on any atom is 0.244 e. The summed E-state index contributed by atoms with van der Waals surface area (Å²) >= 11 is 0. The van der Waals surface area contributed by atoms with Crippen molar-refractivity contribution in [2.45, 2.75) is 18.3 Å². The summed E-state index contributed by atoms with van der Waals surface area (Å²) in [5, 5.41) is 2.61. The van der Waals surface area contributed by atoms with Crippen molar-refractivity contribution in [3.05, 3.63) is 66.0 Å². The lowest BCUT2D eigenvalue weighted by Crippen LogP contribution is -2.39. The second-order valence-corrected chi connectivity index (χ2v) is 8.63. The van der Waals surface area contributed by atoms with Gasteiger partial charge in [0, 0.05) is 6.26 Å². The standard InChI is InChI=1S/C19H20N4O4S/c1-28(26,27)12-16-21-14-9-5-6-10-15(14)23(16)11-17(24)22-18(19(20)25)13-7-3-2-4-8-13/h2-10,18H,11-12H2,1H3,(H2,20,25)(H,22,24)/t18-/m0/s1. The molecule has 0 fully saturated rings. The molecule has 0 saturated heterocycles. The predicted octanol–water partition coefficient (Wildman–Crippen LogP) is 0.924. The summed E-state index contributed by atoms with van der Waals surface area (Å²) in [5.74, 6) is -1.21. The minimum Gasteiger partial charge on any atom is -0.368 e. The number of benzene rings is 2. The zero-order valence-electron chi connectivity index (χ0n) is 15.2. The van der Waals surface area contributed by atoms with E-state index in [4.69, 9.17) is 5.73 Å². The van der Waals surface area contributed by atoms with Crippen LogP contribution in [0.15, 0.2) is 54.6 Å². The summed E-state index contributed by atoms with van der Waals surface area (Å²) in [5.41, 5.74) is 7.22. The fraction of sp³-hybridized carbons (Fsp3) is 0.211. The molecule has 3 aromatic rings. The molecule has 3 N–H and O–H groups in total. The predicted molar refractivity (Wildman–Crippen MR) is 105 cm³/mol. The van der Waals surface area contributed by atoms with Crippen molar-refractivity contribution in [2.24, 2.45) is 5.73 Å². The van der Waals surface area contributed by atoms with Gasteiger partial charge in [-0.25, -0.2) is 13.4 Å². The third kappa shape index (κ3) is 4.55. The van der Waals surface area contributed by atoms with Crippen LogP contribution < -0.4 is 11.1 Å². The van der Waals surface area contributed by atoms with Crippen LogP contribution in [-0.2, 0) is 31.7 Å². The van der Waals surface area contributed by atoms with Crippen LogP contribution in [0.25, 0.3) is 11.0 Å². The van der Waals surface area contributed by atoms with Crippen LogP contribution in [0.3, 0.4) is 0 Å². The lowest BCUT2D eigenvalue weighted by molar-refractivity contribution is -0.127. The van der Waals surface area contributed by atoms with E-state index < -0.39 is 27.7 Å². The van der Waals surface area contributed by atoms with E-state index in [0.29, 0.717) is 16.6 Å². The van der Waals surface area contributed by atoms with Gasteiger partial charge in [-0.1, -0.05) is 42.5 Å². The minimum atomic E-state index is -3.35. The van der Waals surface area contributed by atoms with Crippen LogP contribution in [0, 0.1) is 0 Å². The molecule has 0 aliphatic carbocycles. The molecule has 0 spiro atoms. The Balaban J connectivity index is 1.90. The first-order valence-electron chi connectivity index (χ1n) is 8.50. The second kappa shape index (κ2) is 7.81. The number of amides is 2. The number of imidazole rings is 1. The van der Waals surface area contributed by atoms with E-state index in [1.54, 1.807) is 54.6 Å². The van der Waals surface area contributed by atoms with Gasteiger partial charge in [0.1, 0.15) is 24.2 Å². The number of hydrogen-bond donors (Lipinski definition) is 2. The SMILES string of the molecule is CS(=O)(=O)Cc1nc2ccccc2n1CC(=O)N[C@H](C(N)=O)c1ccccc1. The molecule has 1 heterocycles. The number of carbonyl (C=O) groups excluding carboxylic acids is 2. The number of sulfone groups is 1. The van der Waals surface area contributed by atoms with E-state index in [2.05, 4.69) is 10.3 Å². The summed E-state index contributed by atoms with van der Waals surface area (Å²) in [6, 6.07) is 14.7. The lowest BCUT2D eigenvalue weighted by Gasteiger charge is -2.17. The van der Waals surface area contributed by atoms with Crippen LogP contribution >= 0.6 is 0 Å². The lowest BCUT2D eigenvalue weighted by atomic mass is 10.1. The van der Waals surface area contributed by atoms with Crippen LogP contribution in [0.4, 0.5) is 0 Å². The topological polar surface area (TPSA) is 124 Å². The Hall–Kier alpha value is -3.20. The third-order valence-corrected chi connectivity index (χ3v) is 4.93. The Bertz CT molecular complexity index is 1120. The van der Waals surface area contributed by atoms with Gasteiger partial charge in [0.15, 0.2) is 9.84 Å². The highest BCUT2D eigenvalue weighted by Crippen LogP contribution is 2.18. The number of para-hydroxylation sites is 2. The Morgan fingerprint density at radius 2 is 1.75 bits per heavy atom. The zero-order chi connectivity index (χ0) is 20.3. The van der Waals surface area contributed by atoms with E-state index in [-0.39, 0.29) is 18.1 Å². The van der Waals surface area contributed by atoms with Gasteiger partial charge >= 0.3 is 0 Å². The Morgan fingerprint density at radius 1 is 1.11 bits per heavy atom. The van der Waals surface area contributed by atoms with E-state index in [1.807, 2.05) is 0 Å². The molecule has 9 heteroatoms. The summed E-state index contributed by atoms with van der Waals surface area (Å²) in [6.45, 7) is -0.192. The Kier molecular flexibility index (Phi) is 5.46. The molecule has 1 atom stereocenters. The second-order valence-electron chi connectivity index (χ2n) is 6.49. The van der Waals surface area contributed by atoms with Gasteiger partial charge in [0.2, 0.25) is 11.8 Å². The number of primary amides is 1. The van der Waals surface area contributed by atoms with Gasteiger partial charge in [-0.05, 0) is 17.7 Å². The van der Waals surface area contributed by atoms with Gasteiger partial charge < -0.3 is 15.6 Å². The van der Waals surface area contributed by atoms with Crippen LogP contribution in [0.2, 0.25) is 0 Å². The van der Waals surface area contributed by atoms with Crippen molar-refractivity contribution in [3.8, 4) is 0 Å². The molecule has 28 heavy (non-hydrogen) atoms. The maximum absolute atomic E-state index is 12.6. The van der Waals surface area contributed by atoms with Gasteiger partial charge in [-0.3, -0.25) is 9.59 Å². The number of fused-ring (bicyclic) bond motifs is 1. The first-order valence-corrected chi connectivity index (χ1v) is 10.6. The molecule has 0 aliphatic heterocycles. The highest BCUT2D eigenvalue weighted by Gasteiger charge is 2.22. The number of rotatable bonds is 7. The minimum absolute atomic E-state index is 0.192. The molecule has 0 bridgehead atoms. The van der Waals surface area contributed by atoms with Gasteiger partial charge in [0.05, 0.1) is 11.0 Å². The average molecular weight is 400 g/mol. The maximum atomic E-state index is 12.6.